The molecule has 1 aliphatic rings. The summed E-state index contributed by atoms with van der Waals surface area (Å²) in [6.45, 7) is 5.23. The average molecular weight is 589 g/mol. The lowest BCUT2D eigenvalue weighted by Crippen LogP contribution is -2.41. The molecule has 214 valence electrons. The van der Waals surface area contributed by atoms with Crippen LogP contribution in [0.2, 0.25) is 0 Å². The van der Waals surface area contributed by atoms with E-state index in [-0.39, 0.29) is 17.4 Å². The number of nitrogens with one attached hydrogen (secondary N) is 2. The van der Waals surface area contributed by atoms with Crippen molar-refractivity contribution in [3.05, 3.63) is 51.7 Å². The summed E-state index contributed by atoms with van der Waals surface area (Å²) in [5.41, 5.74) is 2.94. The summed E-state index contributed by atoms with van der Waals surface area (Å²) >= 11 is 1.16. The fourth-order valence-electron chi connectivity index (χ4n) is 4.11. The third kappa shape index (κ3) is 7.10. The number of primary sulfonamides is 1. The fraction of sp³-hybridized carbons (Fsp3) is 0.400. The molecule has 1 aliphatic heterocycles. The topological polar surface area (TPSA) is 173 Å². The number of esters is 1. The number of amides is 1. The van der Waals surface area contributed by atoms with E-state index in [9.17, 15) is 18.0 Å². The van der Waals surface area contributed by atoms with Crippen LogP contribution in [-0.2, 0) is 39.1 Å². The minimum atomic E-state index is -3.79. The van der Waals surface area contributed by atoms with E-state index < -0.39 is 16.0 Å². The monoisotopic (exact) mass is 588 g/mol. The summed E-state index contributed by atoms with van der Waals surface area (Å²) in [5, 5.41) is 12.1. The first kappa shape index (κ1) is 29.3. The fourth-order valence-corrected chi connectivity index (χ4v) is 5.48. The molecule has 2 aromatic heterocycles. The van der Waals surface area contributed by atoms with Gasteiger partial charge in [-0.3, -0.25) is 10.1 Å². The number of thiazole rings is 1. The first-order chi connectivity index (χ1) is 18.9. The Balaban J connectivity index is 1.61. The van der Waals surface area contributed by atoms with Crippen molar-refractivity contribution in [1.82, 2.24) is 24.8 Å². The van der Waals surface area contributed by atoms with Gasteiger partial charge >= 0.3 is 5.97 Å². The van der Waals surface area contributed by atoms with E-state index in [1.807, 2.05) is 19.0 Å². The van der Waals surface area contributed by atoms with Gasteiger partial charge in [-0.25, -0.2) is 28.3 Å². The van der Waals surface area contributed by atoms with Crippen LogP contribution in [0.15, 0.2) is 29.2 Å². The van der Waals surface area contributed by atoms with Crippen molar-refractivity contribution in [3.8, 4) is 0 Å². The highest BCUT2D eigenvalue weighted by molar-refractivity contribution is 7.89. The number of nitrogens with zero attached hydrogens (tertiary/aromatic N) is 5. The van der Waals surface area contributed by atoms with E-state index >= 15 is 0 Å². The molecule has 0 aliphatic carbocycles. The Bertz CT molecular complexity index is 1510. The third-order valence-electron chi connectivity index (χ3n) is 6.05. The van der Waals surface area contributed by atoms with Gasteiger partial charge < -0.3 is 19.9 Å². The van der Waals surface area contributed by atoms with E-state index in [1.54, 1.807) is 30.9 Å². The molecular formula is C25H32N8O5S2. The molecule has 1 aromatic carbocycles. The molecule has 40 heavy (non-hydrogen) atoms. The largest absolute Gasteiger partial charge is 0.462 e. The maximum absolute atomic E-state index is 12.8. The van der Waals surface area contributed by atoms with Crippen molar-refractivity contribution < 1.29 is 22.7 Å². The number of hydrogen-bond acceptors (Lipinski definition) is 12. The third-order valence-corrected chi connectivity index (χ3v) is 8.03. The van der Waals surface area contributed by atoms with Crippen LogP contribution in [0.5, 0.6) is 0 Å². The number of sulfonamides is 1. The van der Waals surface area contributed by atoms with Crippen LogP contribution in [0, 0.1) is 6.92 Å². The van der Waals surface area contributed by atoms with Crippen LogP contribution >= 0.6 is 11.3 Å². The first-order valence-corrected chi connectivity index (χ1v) is 14.9. The second-order valence-corrected chi connectivity index (χ2v) is 12.0. The van der Waals surface area contributed by atoms with Crippen LogP contribution in [-0.4, -0.2) is 78.8 Å². The molecule has 4 N–H and O–H groups in total. The van der Waals surface area contributed by atoms with E-state index in [0.717, 1.165) is 28.2 Å². The molecule has 0 saturated heterocycles. The Morgan fingerprint density at radius 1 is 1.18 bits per heavy atom. The molecule has 0 atom stereocenters. The summed E-state index contributed by atoms with van der Waals surface area (Å²) < 4.78 is 28.3. The molecule has 0 saturated carbocycles. The quantitative estimate of drug-likeness (QED) is 0.295. The van der Waals surface area contributed by atoms with Gasteiger partial charge in [0.2, 0.25) is 21.9 Å². The van der Waals surface area contributed by atoms with Crippen molar-refractivity contribution in [1.29, 1.82) is 0 Å². The zero-order valence-electron chi connectivity index (χ0n) is 22.7. The molecule has 0 radical (unpaired) electrons. The van der Waals surface area contributed by atoms with Gasteiger partial charge in [0.15, 0.2) is 5.13 Å². The molecule has 0 unspecified atom stereocenters. The van der Waals surface area contributed by atoms with Crippen LogP contribution in [0.3, 0.4) is 0 Å². The van der Waals surface area contributed by atoms with Gasteiger partial charge in [-0.15, -0.1) is 0 Å². The Hall–Kier alpha value is -3.66. The molecular weight excluding hydrogens is 556 g/mol. The summed E-state index contributed by atoms with van der Waals surface area (Å²) in [6, 6.07) is 6.23. The molecule has 1 amide bonds. The Kier molecular flexibility index (Phi) is 8.98. The number of benzene rings is 1. The average Bonchev–Trinajstić information content (AvgIpc) is 3.26. The Morgan fingerprint density at radius 2 is 1.90 bits per heavy atom. The highest BCUT2D eigenvalue weighted by Crippen LogP contribution is 2.29. The first-order valence-electron chi connectivity index (χ1n) is 12.5. The molecule has 3 aromatic rings. The number of hydrogen-bond donors (Lipinski definition) is 3. The molecule has 0 bridgehead atoms. The molecule has 13 nitrogen and oxygen atoms in total. The van der Waals surface area contributed by atoms with E-state index in [4.69, 9.17) is 14.9 Å². The van der Waals surface area contributed by atoms with Gasteiger partial charge in [-0.2, -0.15) is 4.98 Å². The second kappa shape index (κ2) is 12.2. The zero-order chi connectivity index (χ0) is 29.0. The van der Waals surface area contributed by atoms with Crippen molar-refractivity contribution >= 4 is 50.1 Å². The SMILES string of the molecule is CCOC(=O)c1sc(Nc2nc3c(c(NCc4ccc(S(N)(=O)=O)cc4)n2)CN(C(=O)CN(C)C)CC3)nc1C. The molecule has 0 spiro atoms. The van der Waals surface area contributed by atoms with Crippen LogP contribution in [0.1, 0.15) is 39.1 Å². The van der Waals surface area contributed by atoms with Gasteiger partial charge in [0, 0.05) is 25.1 Å². The summed E-state index contributed by atoms with van der Waals surface area (Å²) in [4.78, 5) is 42.8. The second-order valence-electron chi connectivity index (χ2n) is 9.45. The van der Waals surface area contributed by atoms with Gasteiger partial charge in [0.25, 0.3) is 0 Å². The maximum atomic E-state index is 12.8. The lowest BCUT2D eigenvalue weighted by molar-refractivity contribution is -0.132. The lowest BCUT2D eigenvalue weighted by atomic mass is 10.1. The van der Waals surface area contributed by atoms with Crippen molar-refractivity contribution in [2.45, 2.75) is 38.3 Å². The predicted molar refractivity (Wildman–Crippen MR) is 151 cm³/mol. The lowest BCUT2D eigenvalue weighted by Gasteiger charge is -2.30. The minimum Gasteiger partial charge on any atom is -0.462 e. The summed E-state index contributed by atoms with van der Waals surface area (Å²) in [6.07, 6.45) is 0.536. The Labute approximate surface area is 236 Å². The Morgan fingerprint density at radius 3 is 2.55 bits per heavy atom. The van der Waals surface area contributed by atoms with Gasteiger partial charge in [0.1, 0.15) is 10.7 Å². The van der Waals surface area contributed by atoms with Gasteiger partial charge in [-0.05, 0) is 45.6 Å². The summed E-state index contributed by atoms with van der Waals surface area (Å²) in [5.74, 6) is 0.398. The number of rotatable bonds is 10. The highest BCUT2D eigenvalue weighted by Gasteiger charge is 2.26. The number of likely N-dealkylation sites (N-methyl/N-ethyl adjacent to an activating group) is 1. The van der Waals surface area contributed by atoms with Gasteiger partial charge in [-0.1, -0.05) is 23.5 Å². The zero-order valence-corrected chi connectivity index (χ0v) is 24.4. The van der Waals surface area contributed by atoms with Crippen LogP contribution in [0.4, 0.5) is 16.9 Å². The molecule has 3 heterocycles. The van der Waals surface area contributed by atoms with E-state index in [1.165, 1.54) is 12.1 Å². The number of carbonyl (C=O) groups is 2. The smallest absolute Gasteiger partial charge is 0.350 e. The maximum Gasteiger partial charge on any atom is 0.350 e. The van der Waals surface area contributed by atoms with Crippen molar-refractivity contribution in [2.24, 2.45) is 5.14 Å². The highest BCUT2D eigenvalue weighted by atomic mass is 32.2. The number of fused-ring (bicyclic) bond motifs is 1. The number of ether oxygens (including phenoxy) is 1. The van der Waals surface area contributed by atoms with E-state index in [2.05, 4.69) is 20.6 Å². The number of aryl methyl sites for hydroxylation is 1. The minimum absolute atomic E-state index is 0.00661. The summed E-state index contributed by atoms with van der Waals surface area (Å²) in [7, 11) is -0.0996. The van der Waals surface area contributed by atoms with Crippen molar-refractivity contribution in [2.75, 3.05) is 44.4 Å². The molecule has 0 fully saturated rings. The number of anilines is 3. The number of aromatic nitrogens is 3. The number of nitrogens with two attached hydrogens (primary N) is 1. The van der Waals surface area contributed by atoms with E-state index in [0.29, 0.717) is 60.1 Å². The number of carbonyl (C=O) groups excluding carboxylic acids is 2. The van der Waals surface area contributed by atoms with Crippen molar-refractivity contribution in [3.63, 3.8) is 0 Å². The van der Waals surface area contributed by atoms with Crippen LogP contribution < -0.4 is 15.8 Å². The molecule has 15 heteroatoms. The normalized spacial score (nSPS) is 13.2. The van der Waals surface area contributed by atoms with Gasteiger partial charge in [0.05, 0.1) is 36.0 Å². The molecule has 4 rings (SSSR count). The predicted octanol–water partition coefficient (Wildman–Crippen LogP) is 1.87. The standard InChI is InChI=1S/C25H32N8O5S2/c1-5-38-23(35)21-15(2)28-25(39-21)31-24-29-19-10-11-33(20(34)14-32(3)4)13-18(19)22(30-24)27-12-16-6-8-17(9-7-16)40(26,36)37/h6-9H,5,10-14H2,1-4H3,(H2,26,36,37)(H2,27,28,29,30,31). The van der Waals surface area contributed by atoms with Crippen LogP contribution in [0.25, 0.3) is 0 Å².